The summed E-state index contributed by atoms with van der Waals surface area (Å²) in [7, 11) is 0. The molecule has 0 unspecified atom stereocenters. The maximum atomic E-state index is 4.37. The lowest BCUT2D eigenvalue weighted by Gasteiger charge is -2.31. The lowest BCUT2D eigenvalue weighted by molar-refractivity contribution is 0.181. The summed E-state index contributed by atoms with van der Waals surface area (Å²) >= 11 is 0. The maximum Gasteiger partial charge on any atom is 0.200 e. The maximum absolute atomic E-state index is 4.37. The zero-order valence-electron chi connectivity index (χ0n) is 13.6. The van der Waals surface area contributed by atoms with E-state index in [1.165, 1.54) is 45.3 Å². The van der Waals surface area contributed by atoms with Crippen molar-refractivity contribution in [3.63, 3.8) is 0 Å². The second-order valence-electron chi connectivity index (χ2n) is 6.30. The van der Waals surface area contributed by atoms with Gasteiger partial charge in [-0.3, -0.25) is 0 Å². The van der Waals surface area contributed by atoms with Crippen molar-refractivity contribution in [2.45, 2.75) is 39.5 Å². The third-order valence-corrected chi connectivity index (χ3v) is 4.51. The molecule has 2 aromatic heterocycles. The van der Waals surface area contributed by atoms with Gasteiger partial charge in [0.05, 0.1) is 11.4 Å². The van der Waals surface area contributed by atoms with E-state index in [-0.39, 0.29) is 0 Å². The van der Waals surface area contributed by atoms with Gasteiger partial charge in [0.1, 0.15) is 6.33 Å². The Morgan fingerprint density at radius 3 is 2.91 bits per heavy atom. The minimum absolute atomic E-state index is 0.809. The average Bonchev–Trinajstić information content (AvgIpc) is 2.97. The molecule has 0 atom stereocenters. The van der Waals surface area contributed by atoms with Crippen molar-refractivity contribution in [1.29, 1.82) is 0 Å². The zero-order chi connectivity index (χ0) is 15.4. The van der Waals surface area contributed by atoms with Crippen molar-refractivity contribution in [1.82, 2.24) is 24.7 Å². The molecule has 0 saturated carbocycles. The molecule has 6 heteroatoms. The Kier molecular flexibility index (Phi) is 4.87. The summed E-state index contributed by atoms with van der Waals surface area (Å²) in [5.41, 5.74) is 2.82. The van der Waals surface area contributed by atoms with Gasteiger partial charge in [0.25, 0.3) is 0 Å². The van der Waals surface area contributed by atoms with E-state index in [2.05, 4.69) is 32.4 Å². The molecule has 1 saturated heterocycles. The van der Waals surface area contributed by atoms with Crippen LogP contribution in [0.25, 0.3) is 5.65 Å². The predicted molar refractivity (Wildman–Crippen MR) is 88.1 cm³/mol. The standard InChI is InChI=1S/C16H26N6/c1-3-8-21-9-5-14(6-10-21)4-7-17-15-11-13(2)20-22-12-18-19-16(15)22/h11-12,14,17H,3-10H2,1-2H3. The van der Waals surface area contributed by atoms with Gasteiger partial charge in [-0.2, -0.15) is 9.61 Å². The van der Waals surface area contributed by atoms with Crippen molar-refractivity contribution in [2.24, 2.45) is 5.92 Å². The van der Waals surface area contributed by atoms with E-state index in [0.29, 0.717) is 0 Å². The highest BCUT2D eigenvalue weighted by Crippen LogP contribution is 2.21. The molecule has 0 aliphatic carbocycles. The average molecular weight is 302 g/mol. The van der Waals surface area contributed by atoms with Gasteiger partial charge in [0, 0.05) is 6.54 Å². The molecule has 0 amide bonds. The van der Waals surface area contributed by atoms with Crippen LogP contribution in [-0.4, -0.2) is 50.9 Å². The molecule has 6 nitrogen and oxygen atoms in total. The van der Waals surface area contributed by atoms with Crippen LogP contribution in [0.1, 0.15) is 38.3 Å². The Morgan fingerprint density at radius 1 is 1.32 bits per heavy atom. The van der Waals surface area contributed by atoms with Crippen molar-refractivity contribution in [2.75, 3.05) is 31.5 Å². The number of nitrogens with zero attached hydrogens (tertiary/aromatic N) is 5. The van der Waals surface area contributed by atoms with Gasteiger partial charge in [-0.05, 0) is 64.2 Å². The van der Waals surface area contributed by atoms with Crippen molar-refractivity contribution in [3.8, 4) is 0 Å². The largest absolute Gasteiger partial charge is 0.382 e. The second-order valence-corrected chi connectivity index (χ2v) is 6.30. The molecule has 22 heavy (non-hydrogen) atoms. The third kappa shape index (κ3) is 3.55. The molecular weight excluding hydrogens is 276 g/mol. The summed E-state index contributed by atoms with van der Waals surface area (Å²) in [5, 5.41) is 16.0. The molecule has 0 bridgehead atoms. The minimum Gasteiger partial charge on any atom is -0.382 e. The van der Waals surface area contributed by atoms with Gasteiger partial charge in [-0.15, -0.1) is 10.2 Å². The summed E-state index contributed by atoms with van der Waals surface area (Å²) in [6.07, 6.45) is 6.80. The summed E-state index contributed by atoms with van der Waals surface area (Å²) in [6.45, 7) is 9.03. The SMILES string of the molecule is CCCN1CCC(CCNc2cc(C)nn3cnnc23)CC1. The van der Waals surface area contributed by atoms with E-state index in [1.807, 2.05) is 13.0 Å². The van der Waals surface area contributed by atoms with E-state index in [9.17, 15) is 0 Å². The number of fused-ring (bicyclic) bond motifs is 1. The van der Waals surface area contributed by atoms with E-state index in [1.54, 1.807) is 10.8 Å². The highest BCUT2D eigenvalue weighted by atomic mass is 15.3. The molecule has 1 N–H and O–H groups in total. The Morgan fingerprint density at radius 2 is 2.14 bits per heavy atom. The van der Waals surface area contributed by atoms with Crippen molar-refractivity contribution in [3.05, 3.63) is 18.1 Å². The van der Waals surface area contributed by atoms with Crippen LogP contribution in [-0.2, 0) is 0 Å². The lowest BCUT2D eigenvalue weighted by atomic mass is 9.93. The first-order chi connectivity index (χ1) is 10.8. The quantitative estimate of drug-likeness (QED) is 0.887. The third-order valence-electron chi connectivity index (χ3n) is 4.51. The second kappa shape index (κ2) is 7.05. The Balaban J connectivity index is 1.50. The number of hydrogen-bond acceptors (Lipinski definition) is 5. The van der Waals surface area contributed by atoms with E-state index in [4.69, 9.17) is 0 Å². The first-order valence-corrected chi connectivity index (χ1v) is 8.40. The number of anilines is 1. The van der Waals surface area contributed by atoms with Gasteiger partial charge in [-0.1, -0.05) is 6.92 Å². The van der Waals surface area contributed by atoms with Crippen LogP contribution in [0.15, 0.2) is 12.4 Å². The van der Waals surface area contributed by atoms with Crippen molar-refractivity contribution < 1.29 is 0 Å². The van der Waals surface area contributed by atoms with Crippen LogP contribution in [0, 0.1) is 12.8 Å². The van der Waals surface area contributed by atoms with E-state index >= 15 is 0 Å². The van der Waals surface area contributed by atoms with Gasteiger partial charge < -0.3 is 10.2 Å². The number of aromatic nitrogens is 4. The van der Waals surface area contributed by atoms with Crippen LogP contribution in [0.4, 0.5) is 5.69 Å². The smallest absolute Gasteiger partial charge is 0.200 e. The fourth-order valence-corrected chi connectivity index (χ4v) is 3.31. The van der Waals surface area contributed by atoms with Gasteiger partial charge in [0.15, 0.2) is 0 Å². The van der Waals surface area contributed by atoms with E-state index < -0.39 is 0 Å². The number of likely N-dealkylation sites (tertiary alicyclic amines) is 1. The van der Waals surface area contributed by atoms with Crippen LogP contribution >= 0.6 is 0 Å². The summed E-state index contributed by atoms with van der Waals surface area (Å²) in [6, 6.07) is 2.05. The lowest BCUT2D eigenvalue weighted by Crippen LogP contribution is -2.34. The van der Waals surface area contributed by atoms with Gasteiger partial charge in [-0.25, -0.2) is 0 Å². The number of rotatable bonds is 6. The fourth-order valence-electron chi connectivity index (χ4n) is 3.31. The topological polar surface area (TPSA) is 58.4 Å². The molecular formula is C16H26N6. The summed E-state index contributed by atoms with van der Waals surface area (Å²) in [4.78, 5) is 2.59. The van der Waals surface area contributed by atoms with Crippen LogP contribution in [0.3, 0.4) is 0 Å². The first-order valence-electron chi connectivity index (χ1n) is 8.40. The number of hydrogen-bond donors (Lipinski definition) is 1. The fraction of sp³-hybridized carbons (Fsp3) is 0.688. The molecule has 0 radical (unpaired) electrons. The number of piperidine rings is 1. The first kappa shape index (κ1) is 15.2. The molecule has 1 fully saturated rings. The molecule has 0 aromatic carbocycles. The van der Waals surface area contributed by atoms with Crippen LogP contribution < -0.4 is 5.32 Å². The van der Waals surface area contributed by atoms with Gasteiger partial charge in [0.2, 0.25) is 5.65 Å². The molecule has 3 heterocycles. The highest BCUT2D eigenvalue weighted by Gasteiger charge is 2.18. The summed E-state index contributed by atoms with van der Waals surface area (Å²) < 4.78 is 1.74. The Bertz CT molecular complexity index is 600. The highest BCUT2D eigenvalue weighted by molar-refractivity contribution is 5.66. The van der Waals surface area contributed by atoms with E-state index in [0.717, 1.165) is 29.5 Å². The number of nitrogens with one attached hydrogen (secondary N) is 1. The van der Waals surface area contributed by atoms with Crippen LogP contribution in [0.2, 0.25) is 0 Å². The molecule has 120 valence electrons. The van der Waals surface area contributed by atoms with Crippen molar-refractivity contribution >= 4 is 11.3 Å². The zero-order valence-corrected chi connectivity index (χ0v) is 13.6. The molecule has 3 rings (SSSR count). The van der Waals surface area contributed by atoms with Crippen LogP contribution in [0.5, 0.6) is 0 Å². The normalized spacial score (nSPS) is 17.2. The molecule has 0 spiro atoms. The van der Waals surface area contributed by atoms with Gasteiger partial charge >= 0.3 is 0 Å². The Labute approximate surface area is 131 Å². The minimum atomic E-state index is 0.809. The molecule has 1 aliphatic rings. The molecule has 1 aliphatic heterocycles. The number of aryl methyl sites for hydroxylation is 1. The monoisotopic (exact) mass is 302 g/mol. The molecule has 2 aromatic rings. The predicted octanol–water partition coefficient (Wildman–Crippen LogP) is 2.36. The Hall–Kier alpha value is -1.69. The summed E-state index contributed by atoms with van der Waals surface area (Å²) in [5.74, 6) is 0.845.